The molecule has 0 spiro atoms. The fraction of sp³-hybridized carbons (Fsp3) is 0.938. The van der Waals surface area contributed by atoms with Gasteiger partial charge in [-0.3, -0.25) is 4.79 Å². The van der Waals surface area contributed by atoms with Crippen LogP contribution in [0.25, 0.3) is 0 Å². The van der Waals surface area contributed by atoms with E-state index >= 15 is 0 Å². The molecule has 112 valence electrons. The van der Waals surface area contributed by atoms with Crippen LogP contribution in [0, 0.1) is 5.92 Å². The lowest BCUT2D eigenvalue weighted by Gasteiger charge is -2.28. The van der Waals surface area contributed by atoms with Crippen molar-refractivity contribution in [1.82, 2.24) is 10.2 Å². The predicted molar refractivity (Wildman–Crippen MR) is 81.2 cm³/mol. The Morgan fingerprint density at radius 3 is 2.74 bits per heavy atom. The number of nitrogens with zero attached hydrogens (tertiary/aromatic N) is 1. The summed E-state index contributed by atoms with van der Waals surface area (Å²) in [5.74, 6) is 1.07. The molecule has 1 fully saturated rings. The fourth-order valence-electron chi connectivity index (χ4n) is 2.84. The molecular formula is C16H32N2O. The first-order valence-corrected chi connectivity index (χ1v) is 8.15. The van der Waals surface area contributed by atoms with Gasteiger partial charge in [-0.25, -0.2) is 0 Å². The molecule has 0 aliphatic carbocycles. The van der Waals surface area contributed by atoms with Crippen LogP contribution >= 0.6 is 0 Å². The molecule has 0 aromatic rings. The summed E-state index contributed by atoms with van der Waals surface area (Å²) in [5.41, 5.74) is 0. The highest BCUT2D eigenvalue weighted by Crippen LogP contribution is 2.17. The number of unbranched alkanes of at least 4 members (excludes halogenated alkanes) is 2. The summed E-state index contributed by atoms with van der Waals surface area (Å²) in [6.07, 6.45) is 7.93. The molecule has 1 aliphatic rings. The largest absolute Gasteiger partial charge is 0.340 e. The van der Waals surface area contributed by atoms with E-state index in [-0.39, 0.29) is 0 Å². The molecule has 1 rings (SSSR count). The van der Waals surface area contributed by atoms with Gasteiger partial charge < -0.3 is 10.2 Å². The highest BCUT2D eigenvalue weighted by Gasteiger charge is 2.19. The number of hydrogen-bond acceptors (Lipinski definition) is 2. The summed E-state index contributed by atoms with van der Waals surface area (Å²) < 4.78 is 0. The third-order valence-corrected chi connectivity index (χ3v) is 4.11. The smallest absolute Gasteiger partial charge is 0.222 e. The van der Waals surface area contributed by atoms with E-state index in [2.05, 4.69) is 31.0 Å². The van der Waals surface area contributed by atoms with Gasteiger partial charge in [0, 0.05) is 19.0 Å². The van der Waals surface area contributed by atoms with Gasteiger partial charge in [-0.2, -0.15) is 0 Å². The average Bonchev–Trinajstić information content (AvgIpc) is 2.42. The van der Waals surface area contributed by atoms with E-state index in [0.29, 0.717) is 17.9 Å². The Hall–Kier alpha value is -0.570. The van der Waals surface area contributed by atoms with E-state index in [1.165, 1.54) is 25.7 Å². The van der Waals surface area contributed by atoms with Crippen LogP contribution in [0.15, 0.2) is 0 Å². The van der Waals surface area contributed by atoms with E-state index in [1.807, 2.05) is 0 Å². The van der Waals surface area contributed by atoms with Gasteiger partial charge in [-0.15, -0.1) is 0 Å². The number of amides is 1. The molecular weight excluding hydrogens is 236 g/mol. The Bertz CT molecular complexity index is 247. The number of nitrogens with one attached hydrogen (secondary N) is 1. The maximum atomic E-state index is 12.3. The Balaban J connectivity index is 2.29. The van der Waals surface area contributed by atoms with Crippen molar-refractivity contribution in [3.8, 4) is 0 Å². The number of rotatable bonds is 8. The second kappa shape index (κ2) is 9.35. The zero-order valence-corrected chi connectivity index (χ0v) is 13.1. The van der Waals surface area contributed by atoms with E-state index in [9.17, 15) is 4.79 Å². The summed E-state index contributed by atoms with van der Waals surface area (Å²) in [6.45, 7) is 9.66. The van der Waals surface area contributed by atoms with Gasteiger partial charge in [0.1, 0.15) is 0 Å². The molecule has 1 unspecified atom stereocenters. The number of piperidine rings is 1. The SMILES string of the molecule is CCCCCN(C(=O)CCC1CCCNC1)C(C)C. The molecule has 19 heavy (non-hydrogen) atoms. The minimum atomic E-state index is 0.342. The summed E-state index contributed by atoms with van der Waals surface area (Å²) in [5, 5.41) is 3.43. The molecule has 3 heteroatoms. The molecule has 1 heterocycles. The summed E-state index contributed by atoms with van der Waals surface area (Å²) in [7, 11) is 0. The molecule has 1 atom stereocenters. The monoisotopic (exact) mass is 268 g/mol. The van der Waals surface area contributed by atoms with Crippen molar-refractivity contribution >= 4 is 5.91 Å². The van der Waals surface area contributed by atoms with E-state index < -0.39 is 0 Å². The molecule has 1 saturated heterocycles. The van der Waals surface area contributed by atoms with Crippen LogP contribution in [0.3, 0.4) is 0 Å². The van der Waals surface area contributed by atoms with Crippen molar-refractivity contribution < 1.29 is 4.79 Å². The second-order valence-corrected chi connectivity index (χ2v) is 6.14. The quantitative estimate of drug-likeness (QED) is 0.686. The zero-order valence-electron chi connectivity index (χ0n) is 13.1. The van der Waals surface area contributed by atoms with Crippen LogP contribution < -0.4 is 5.32 Å². The van der Waals surface area contributed by atoms with E-state index in [1.54, 1.807) is 0 Å². The zero-order chi connectivity index (χ0) is 14.1. The fourth-order valence-corrected chi connectivity index (χ4v) is 2.84. The standard InChI is InChI=1S/C16H32N2O/c1-4-5-6-12-18(14(2)3)16(19)10-9-15-8-7-11-17-13-15/h14-15,17H,4-13H2,1-3H3. The first kappa shape index (κ1) is 16.5. The lowest BCUT2D eigenvalue weighted by molar-refractivity contribution is -0.133. The van der Waals surface area contributed by atoms with Crippen molar-refractivity contribution in [2.45, 2.75) is 71.8 Å². The van der Waals surface area contributed by atoms with Crippen LogP contribution in [-0.4, -0.2) is 36.5 Å². The first-order valence-electron chi connectivity index (χ1n) is 8.15. The van der Waals surface area contributed by atoms with Crippen LogP contribution in [-0.2, 0) is 4.79 Å². The Kier molecular flexibility index (Phi) is 8.11. The number of carbonyl (C=O) groups is 1. The molecule has 0 saturated carbocycles. The Labute approximate surface area is 119 Å². The summed E-state index contributed by atoms with van der Waals surface area (Å²) >= 11 is 0. The normalized spacial score (nSPS) is 19.7. The van der Waals surface area contributed by atoms with Crippen molar-refractivity contribution in [2.24, 2.45) is 5.92 Å². The van der Waals surface area contributed by atoms with Crippen molar-refractivity contribution in [3.05, 3.63) is 0 Å². The molecule has 1 N–H and O–H groups in total. The van der Waals surface area contributed by atoms with Crippen LogP contribution in [0.1, 0.15) is 65.7 Å². The van der Waals surface area contributed by atoms with Gasteiger partial charge in [-0.1, -0.05) is 19.8 Å². The predicted octanol–water partition coefficient (Wildman–Crippen LogP) is 3.19. The molecule has 1 aliphatic heterocycles. The first-order chi connectivity index (χ1) is 9.15. The lowest BCUT2D eigenvalue weighted by Crippen LogP contribution is -2.38. The second-order valence-electron chi connectivity index (χ2n) is 6.14. The minimum Gasteiger partial charge on any atom is -0.340 e. The molecule has 3 nitrogen and oxygen atoms in total. The van der Waals surface area contributed by atoms with Gasteiger partial charge in [0.2, 0.25) is 5.91 Å². The summed E-state index contributed by atoms with van der Waals surface area (Å²) in [4.78, 5) is 14.4. The minimum absolute atomic E-state index is 0.342. The van der Waals surface area contributed by atoms with Crippen LogP contribution in [0.5, 0.6) is 0 Å². The highest BCUT2D eigenvalue weighted by atomic mass is 16.2. The maximum absolute atomic E-state index is 12.3. The van der Waals surface area contributed by atoms with Gasteiger partial charge in [0.25, 0.3) is 0 Å². The molecule has 0 aromatic heterocycles. The Morgan fingerprint density at radius 1 is 1.37 bits per heavy atom. The van der Waals surface area contributed by atoms with Gasteiger partial charge >= 0.3 is 0 Å². The molecule has 0 aromatic carbocycles. The highest BCUT2D eigenvalue weighted by molar-refractivity contribution is 5.76. The van der Waals surface area contributed by atoms with Crippen molar-refractivity contribution in [3.63, 3.8) is 0 Å². The number of hydrogen-bond donors (Lipinski definition) is 1. The van der Waals surface area contributed by atoms with Crippen LogP contribution in [0.4, 0.5) is 0 Å². The average molecular weight is 268 g/mol. The lowest BCUT2D eigenvalue weighted by atomic mass is 9.94. The van der Waals surface area contributed by atoms with E-state index in [4.69, 9.17) is 0 Å². The maximum Gasteiger partial charge on any atom is 0.222 e. The van der Waals surface area contributed by atoms with Gasteiger partial charge in [0.05, 0.1) is 0 Å². The Morgan fingerprint density at radius 2 is 2.16 bits per heavy atom. The third kappa shape index (κ3) is 6.42. The topological polar surface area (TPSA) is 32.3 Å². The summed E-state index contributed by atoms with van der Waals surface area (Å²) in [6, 6.07) is 0.342. The van der Waals surface area contributed by atoms with Gasteiger partial charge in [0.15, 0.2) is 0 Å². The van der Waals surface area contributed by atoms with Crippen molar-refractivity contribution in [1.29, 1.82) is 0 Å². The van der Waals surface area contributed by atoms with E-state index in [0.717, 1.165) is 38.9 Å². The third-order valence-electron chi connectivity index (χ3n) is 4.11. The molecule has 0 bridgehead atoms. The van der Waals surface area contributed by atoms with Crippen LogP contribution in [0.2, 0.25) is 0 Å². The van der Waals surface area contributed by atoms with Gasteiger partial charge in [-0.05, 0) is 58.5 Å². The number of carbonyl (C=O) groups excluding carboxylic acids is 1. The molecule has 0 radical (unpaired) electrons. The molecule has 1 amide bonds. The van der Waals surface area contributed by atoms with Crippen molar-refractivity contribution in [2.75, 3.05) is 19.6 Å².